The van der Waals surface area contributed by atoms with Gasteiger partial charge in [-0.25, -0.2) is 4.79 Å². The van der Waals surface area contributed by atoms with Gasteiger partial charge in [0, 0.05) is 0 Å². The van der Waals surface area contributed by atoms with E-state index in [2.05, 4.69) is 0 Å². The van der Waals surface area contributed by atoms with Crippen LogP contribution >= 0.6 is 0 Å². The van der Waals surface area contributed by atoms with Crippen LogP contribution in [0.25, 0.3) is 0 Å². The summed E-state index contributed by atoms with van der Waals surface area (Å²) in [6.45, 7) is 4.42. The molecule has 1 rings (SSSR count). The van der Waals surface area contributed by atoms with Gasteiger partial charge in [-0.05, 0) is 26.8 Å². The quantitative estimate of drug-likeness (QED) is 0.745. The Kier molecular flexibility index (Phi) is 5.35. The maximum Gasteiger partial charge on any atom is 0.339 e. The summed E-state index contributed by atoms with van der Waals surface area (Å²) in [4.78, 5) is 24.6. The number of nitrogens with zero attached hydrogens (tertiary/aromatic N) is 3. The summed E-state index contributed by atoms with van der Waals surface area (Å²) >= 11 is 0. The third kappa shape index (κ3) is 2.47. The first-order valence-corrected chi connectivity index (χ1v) is 7.09. The number of rotatable bonds is 4. The molecule has 0 aromatic heterocycles. The third-order valence-electron chi connectivity index (χ3n) is 3.80. The molecular weight excluding hydrogens is 312 g/mol. The fourth-order valence-electron chi connectivity index (χ4n) is 2.44. The molecule has 124 valence electrons. The van der Waals surface area contributed by atoms with Gasteiger partial charge in [0.2, 0.25) is 5.41 Å². The fourth-order valence-corrected chi connectivity index (χ4v) is 2.44. The lowest BCUT2D eigenvalue weighted by molar-refractivity contribution is -0.154. The van der Waals surface area contributed by atoms with E-state index in [1.165, 1.54) is 6.92 Å². The lowest BCUT2D eigenvalue weighted by Crippen LogP contribution is -2.50. The number of esters is 2. The van der Waals surface area contributed by atoms with Crippen molar-refractivity contribution in [3.8, 4) is 18.2 Å². The van der Waals surface area contributed by atoms with Crippen molar-refractivity contribution in [2.45, 2.75) is 20.8 Å². The van der Waals surface area contributed by atoms with Crippen LogP contribution in [-0.4, -0.2) is 25.2 Å². The second kappa shape index (κ2) is 6.85. The lowest BCUT2D eigenvalue weighted by atomic mass is 9.59. The van der Waals surface area contributed by atoms with Gasteiger partial charge in [0.1, 0.15) is 11.5 Å². The van der Waals surface area contributed by atoms with Crippen molar-refractivity contribution in [2.24, 2.45) is 16.6 Å². The second-order valence-electron chi connectivity index (χ2n) is 5.08. The van der Waals surface area contributed by atoms with Gasteiger partial charge in [0.15, 0.2) is 0 Å². The Morgan fingerprint density at radius 1 is 1.17 bits per heavy atom. The minimum Gasteiger partial charge on any atom is -0.465 e. The molecule has 0 aliphatic heterocycles. The molecule has 8 heteroatoms. The molecule has 0 radical (unpaired) electrons. The average Bonchev–Trinajstić information content (AvgIpc) is 2.56. The van der Waals surface area contributed by atoms with Crippen molar-refractivity contribution in [1.82, 2.24) is 0 Å². The Hall–Kier alpha value is -3.31. The number of carbonyl (C=O) groups is 2. The average molecular weight is 328 g/mol. The Morgan fingerprint density at radius 2 is 1.71 bits per heavy atom. The van der Waals surface area contributed by atoms with Crippen LogP contribution in [0.15, 0.2) is 22.9 Å². The van der Waals surface area contributed by atoms with Crippen LogP contribution in [0.5, 0.6) is 0 Å². The smallest absolute Gasteiger partial charge is 0.339 e. The van der Waals surface area contributed by atoms with Crippen molar-refractivity contribution in [3.63, 3.8) is 0 Å². The molecule has 0 saturated heterocycles. The molecule has 2 N–H and O–H groups in total. The third-order valence-corrected chi connectivity index (χ3v) is 3.80. The SMILES string of the molecule is CCOC(=O)C1=C[C@](C)(C(=O)OCC)C(C#N)(C#N)C(N)=C1C#N. The van der Waals surface area contributed by atoms with Gasteiger partial charge in [-0.3, -0.25) is 4.79 Å². The number of hydrogen-bond acceptors (Lipinski definition) is 8. The van der Waals surface area contributed by atoms with E-state index in [9.17, 15) is 25.4 Å². The molecule has 0 spiro atoms. The number of allylic oxidation sites excluding steroid dienone is 1. The largest absolute Gasteiger partial charge is 0.465 e. The molecule has 0 heterocycles. The highest BCUT2D eigenvalue weighted by molar-refractivity contribution is 5.98. The van der Waals surface area contributed by atoms with Crippen molar-refractivity contribution in [2.75, 3.05) is 13.2 Å². The Morgan fingerprint density at radius 3 is 2.12 bits per heavy atom. The predicted molar refractivity (Wildman–Crippen MR) is 79.9 cm³/mol. The lowest BCUT2D eigenvalue weighted by Gasteiger charge is -2.38. The summed E-state index contributed by atoms with van der Waals surface area (Å²) in [7, 11) is 0. The Bertz CT molecular complexity index is 746. The highest BCUT2D eigenvalue weighted by atomic mass is 16.5. The zero-order valence-electron chi connectivity index (χ0n) is 13.5. The molecule has 1 atom stereocenters. The van der Waals surface area contributed by atoms with Gasteiger partial charge < -0.3 is 15.2 Å². The zero-order valence-corrected chi connectivity index (χ0v) is 13.5. The first-order valence-electron chi connectivity index (χ1n) is 7.09. The molecule has 0 fully saturated rings. The molecule has 0 saturated carbocycles. The van der Waals surface area contributed by atoms with Crippen LogP contribution in [0.1, 0.15) is 20.8 Å². The molecule has 24 heavy (non-hydrogen) atoms. The van der Waals surface area contributed by atoms with Gasteiger partial charge in [0.25, 0.3) is 0 Å². The number of ether oxygens (including phenoxy) is 2. The normalized spacial score (nSPS) is 21.6. The highest BCUT2D eigenvalue weighted by Gasteiger charge is 2.60. The minimum atomic E-state index is -2.18. The first kappa shape index (κ1) is 18.7. The first-order chi connectivity index (χ1) is 11.3. The van der Waals surface area contributed by atoms with Gasteiger partial charge >= 0.3 is 11.9 Å². The monoisotopic (exact) mass is 328 g/mol. The molecular formula is C16H16N4O4. The highest BCUT2D eigenvalue weighted by Crippen LogP contribution is 2.50. The van der Waals surface area contributed by atoms with Gasteiger partial charge in [-0.2, -0.15) is 15.8 Å². The number of nitriles is 3. The minimum absolute atomic E-state index is 0.00132. The van der Waals surface area contributed by atoms with Gasteiger partial charge in [-0.1, -0.05) is 0 Å². The van der Waals surface area contributed by atoms with Crippen LogP contribution in [-0.2, 0) is 19.1 Å². The second-order valence-corrected chi connectivity index (χ2v) is 5.08. The van der Waals surface area contributed by atoms with Crippen molar-refractivity contribution in [1.29, 1.82) is 15.8 Å². The van der Waals surface area contributed by atoms with Crippen LogP contribution in [0, 0.1) is 44.8 Å². The van der Waals surface area contributed by atoms with Crippen LogP contribution in [0.2, 0.25) is 0 Å². The Balaban J connectivity index is 3.79. The van der Waals surface area contributed by atoms with E-state index in [1.54, 1.807) is 32.1 Å². The van der Waals surface area contributed by atoms with E-state index in [4.69, 9.17) is 15.2 Å². The maximum absolute atomic E-state index is 12.4. The number of nitrogens with two attached hydrogens (primary N) is 1. The van der Waals surface area contributed by atoms with Crippen LogP contribution in [0.3, 0.4) is 0 Å². The van der Waals surface area contributed by atoms with Gasteiger partial charge in [0.05, 0.1) is 42.2 Å². The van der Waals surface area contributed by atoms with Crippen LogP contribution < -0.4 is 5.73 Å². The van der Waals surface area contributed by atoms with E-state index >= 15 is 0 Å². The van der Waals surface area contributed by atoms with E-state index in [0.717, 1.165) is 6.08 Å². The standard InChI is InChI=1S/C16H16N4O4/c1-4-23-13(21)10-6-15(3,14(22)24-5-2)16(8-18,9-19)12(20)11(10)7-17/h6H,4-5,20H2,1-3H3/t15-/m1/s1. The van der Waals surface area contributed by atoms with Crippen molar-refractivity contribution < 1.29 is 19.1 Å². The van der Waals surface area contributed by atoms with E-state index in [1.807, 2.05) is 0 Å². The molecule has 1 aliphatic rings. The van der Waals surface area contributed by atoms with Crippen LogP contribution in [0.4, 0.5) is 0 Å². The molecule has 1 aliphatic carbocycles. The molecule has 0 bridgehead atoms. The molecule has 0 aromatic carbocycles. The number of hydrogen-bond donors (Lipinski definition) is 1. The predicted octanol–water partition coefficient (Wildman–Crippen LogP) is 0.829. The summed E-state index contributed by atoms with van der Waals surface area (Å²) in [5.41, 5.74) is 0.715. The van der Waals surface area contributed by atoms with E-state index in [0.29, 0.717) is 0 Å². The maximum atomic E-state index is 12.4. The molecule has 8 nitrogen and oxygen atoms in total. The zero-order chi connectivity index (χ0) is 18.5. The summed E-state index contributed by atoms with van der Waals surface area (Å²) in [6.07, 6.45) is 1.06. The van der Waals surface area contributed by atoms with E-state index in [-0.39, 0.29) is 24.4 Å². The Labute approximate surface area is 139 Å². The summed E-state index contributed by atoms with van der Waals surface area (Å²) in [5, 5.41) is 28.4. The summed E-state index contributed by atoms with van der Waals surface area (Å²) < 4.78 is 9.81. The van der Waals surface area contributed by atoms with Crippen molar-refractivity contribution in [3.05, 3.63) is 22.9 Å². The van der Waals surface area contributed by atoms with Crippen molar-refractivity contribution >= 4 is 11.9 Å². The summed E-state index contributed by atoms with van der Waals surface area (Å²) in [6, 6.07) is 5.13. The molecule has 0 aromatic rings. The molecule has 0 unspecified atom stereocenters. The molecule has 0 amide bonds. The number of carbonyl (C=O) groups excluding carboxylic acids is 2. The fraction of sp³-hybridized carbons (Fsp3) is 0.438. The topological polar surface area (TPSA) is 150 Å². The van der Waals surface area contributed by atoms with Gasteiger partial charge in [-0.15, -0.1) is 0 Å². The summed E-state index contributed by atoms with van der Waals surface area (Å²) in [5.74, 6) is -1.79. The van der Waals surface area contributed by atoms with E-state index < -0.39 is 28.5 Å².